The Bertz CT molecular complexity index is 139. The van der Waals surface area contributed by atoms with Gasteiger partial charge in [0.05, 0.1) is 0 Å². The van der Waals surface area contributed by atoms with Crippen molar-refractivity contribution >= 4 is 0 Å². The van der Waals surface area contributed by atoms with Gasteiger partial charge in [-0.25, -0.2) is 0 Å². The van der Waals surface area contributed by atoms with E-state index in [0.29, 0.717) is 0 Å². The molecule has 1 aromatic rings. The zero-order chi connectivity index (χ0) is 7.11. The monoisotopic (exact) mass is 146 g/mol. The van der Waals surface area contributed by atoms with Gasteiger partial charge in [-0.15, -0.1) is 12.1 Å². The van der Waals surface area contributed by atoms with Crippen molar-refractivity contribution in [2.24, 2.45) is 0 Å². The minimum atomic E-state index is 0. The number of rotatable bonds is 0. The van der Waals surface area contributed by atoms with Gasteiger partial charge in [0.15, 0.2) is 0 Å². The van der Waals surface area contributed by atoms with Gasteiger partial charge in [0.2, 0.25) is 0 Å². The van der Waals surface area contributed by atoms with Crippen molar-refractivity contribution in [1.82, 2.24) is 0 Å². The summed E-state index contributed by atoms with van der Waals surface area (Å²) in [4.78, 5) is 0. The first-order valence-corrected chi connectivity index (χ1v) is 2.71. The van der Waals surface area contributed by atoms with Crippen molar-refractivity contribution in [3.63, 3.8) is 0 Å². The molecule has 0 heterocycles. The predicted octanol–water partition coefficient (Wildman–Crippen LogP) is -1.52. The third-order valence-electron chi connectivity index (χ3n) is 0.843. The first-order chi connectivity index (χ1) is 4.39. The summed E-state index contributed by atoms with van der Waals surface area (Å²) in [6.07, 6.45) is 0. The molecule has 0 amide bonds. The summed E-state index contributed by atoms with van der Waals surface area (Å²) in [5.41, 5.74) is 1.07. The number of hydrogen-bond donors (Lipinski definition) is 1. The Hall–Kier alpha value is 0.0500. The largest absolute Gasteiger partial charge is 1.00 e. The van der Waals surface area contributed by atoms with Crippen molar-refractivity contribution < 1.29 is 34.7 Å². The Labute approximate surface area is 84.4 Å². The molecule has 0 atom stereocenters. The van der Waals surface area contributed by atoms with Crippen molar-refractivity contribution in [3.8, 4) is 0 Å². The maximum atomic E-state index is 7.00. The maximum Gasteiger partial charge on any atom is 1.00 e. The molecule has 0 aromatic heterocycles. The Balaban J connectivity index is 0. The molecular weight excluding hydrogens is 135 g/mol. The van der Waals surface area contributed by atoms with E-state index in [1.54, 1.807) is 0 Å². The standard InChI is InChI=1S/C7H7.CH4O.Na/c1-7-5-3-2-4-6-7;1-2;/h2-6H,1H2;2H,1H3;/q-1;;+1. The second kappa shape index (κ2) is 9.05. The molecule has 0 unspecified atom stereocenters. The van der Waals surface area contributed by atoms with E-state index in [4.69, 9.17) is 5.11 Å². The Kier molecular flexibility index (Phi) is 11.5. The van der Waals surface area contributed by atoms with Gasteiger partial charge in [0.1, 0.15) is 0 Å². The van der Waals surface area contributed by atoms with Crippen LogP contribution in [0.5, 0.6) is 0 Å². The molecule has 1 nitrogen and oxygen atoms in total. The average Bonchev–Trinajstić information content (AvgIpc) is 1.94. The zero-order valence-electron chi connectivity index (χ0n) is 6.54. The summed E-state index contributed by atoms with van der Waals surface area (Å²) in [5, 5.41) is 7.00. The van der Waals surface area contributed by atoms with Gasteiger partial charge in [0, 0.05) is 7.11 Å². The fourth-order valence-electron chi connectivity index (χ4n) is 0.478. The predicted molar refractivity (Wildman–Crippen MR) is 39.0 cm³/mol. The topological polar surface area (TPSA) is 20.2 Å². The molecule has 0 aliphatic rings. The molecule has 0 aliphatic heterocycles. The van der Waals surface area contributed by atoms with Gasteiger partial charge in [-0.3, -0.25) is 0 Å². The van der Waals surface area contributed by atoms with Crippen LogP contribution in [-0.2, 0) is 0 Å². The van der Waals surface area contributed by atoms with E-state index in [9.17, 15) is 0 Å². The summed E-state index contributed by atoms with van der Waals surface area (Å²) in [5.74, 6) is 0. The molecule has 0 saturated heterocycles. The zero-order valence-corrected chi connectivity index (χ0v) is 8.54. The van der Waals surface area contributed by atoms with Gasteiger partial charge in [0.25, 0.3) is 0 Å². The summed E-state index contributed by atoms with van der Waals surface area (Å²) in [7, 11) is 1.00. The third kappa shape index (κ3) is 6.17. The first kappa shape index (κ1) is 12.7. The van der Waals surface area contributed by atoms with Crippen molar-refractivity contribution in [2.45, 2.75) is 0 Å². The molecule has 0 radical (unpaired) electrons. The Morgan fingerprint density at radius 2 is 1.50 bits per heavy atom. The molecule has 2 heteroatoms. The fraction of sp³-hybridized carbons (Fsp3) is 0.125. The van der Waals surface area contributed by atoms with Crippen LogP contribution in [-0.4, -0.2) is 12.2 Å². The molecule has 1 aromatic carbocycles. The third-order valence-corrected chi connectivity index (χ3v) is 0.843. The van der Waals surface area contributed by atoms with Crippen LogP contribution in [0.1, 0.15) is 5.56 Å². The van der Waals surface area contributed by atoms with E-state index >= 15 is 0 Å². The molecule has 0 fully saturated rings. The first-order valence-electron chi connectivity index (χ1n) is 2.71. The smallest absolute Gasteiger partial charge is 0.400 e. The number of aliphatic hydroxyl groups excluding tert-OH is 1. The van der Waals surface area contributed by atoms with E-state index in [1.807, 2.05) is 30.3 Å². The van der Waals surface area contributed by atoms with E-state index < -0.39 is 0 Å². The van der Waals surface area contributed by atoms with E-state index in [2.05, 4.69) is 6.92 Å². The van der Waals surface area contributed by atoms with Crippen LogP contribution in [0.25, 0.3) is 0 Å². The molecule has 0 spiro atoms. The van der Waals surface area contributed by atoms with Crippen molar-refractivity contribution in [1.29, 1.82) is 0 Å². The maximum absolute atomic E-state index is 7.00. The second-order valence-electron chi connectivity index (χ2n) is 1.49. The fourth-order valence-corrected chi connectivity index (χ4v) is 0.478. The van der Waals surface area contributed by atoms with E-state index in [1.165, 1.54) is 0 Å². The normalized spacial score (nSPS) is 6.60. The summed E-state index contributed by atoms with van der Waals surface area (Å²) >= 11 is 0. The van der Waals surface area contributed by atoms with Gasteiger partial charge in [-0.2, -0.15) is 24.6 Å². The van der Waals surface area contributed by atoms with Crippen molar-refractivity contribution in [2.75, 3.05) is 7.11 Å². The molecule has 0 bridgehead atoms. The van der Waals surface area contributed by atoms with Gasteiger partial charge in [-0.1, -0.05) is 6.07 Å². The van der Waals surface area contributed by atoms with E-state index in [0.717, 1.165) is 12.7 Å². The summed E-state index contributed by atoms with van der Waals surface area (Å²) in [6.45, 7) is 3.72. The van der Waals surface area contributed by atoms with Crippen LogP contribution in [0.3, 0.4) is 0 Å². The molecule has 1 rings (SSSR count). The van der Waals surface area contributed by atoms with Crippen LogP contribution in [0.4, 0.5) is 0 Å². The minimum Gasteiger partial charge on any atom is -0.400 e. The van der Waals surface area contributed by atoms with Gasteiger partial charge in [-0.05, 0) is 0 Å². The van der Waals surface area contributed by atoms with E-state index in [-0.39, 0.29) is 29.6 Å². The Morgan fingerprint density at radius 1 is 1.10 bits per heavy atom. The van der Waals surface area contributed by atoms with Gasteiger partial charge >= 0.3 is 29.6 Å². The minimum absolute atomic E-state index is 0. The molecule has 1 N–H and O–H groups in total. The summed E-state index contributed by atoms with van der Waals surface area (Å²) in [6, 6.07) is 9.87. The number of hydrogen-bond acceptors (Lipinski definition) is 1. The summed E-state index contributed by atoms with van der Waals surface area (Å²) < 4.78 is 0. The molecule has 10 heavy (non-hydrogen) atoms. The van der Waals surface area contributed by atoms with Crippen molar-refractivity contribution in [3.05, 3.63) is 42.8 Å². The molecular formula is C8H11NaO. The Morgan fingerprint density at radius 3 is 1.70 bits per heavy atom. The van der Waals surface area contributed by atoms with Crippen LogP contribution >= 0.6 is 0 Å². The number of aliphatic hydroxyl groups is 1. The number of benzene rings is 1. The van der Waals surface area contributed by atoms with Gasteiger partial charge < -0.3 is 5.11 Å². The average molecular weight is 146 g/mol. The van der Waals surface area contributed by atoms with Crippen LogP contribution in [0.2, 0.25) is 0 Å². The SMILES string of the molecule is CO.[CH2-]c1ccccc1.[Na+]. The van der Waals surface area contributed by atoms with Crippen LogP contribution in [0, 0.1) is 6.92 Å². The van der Waals surface area contributed by atoms with Crippen LogP contribution in [0.15, 0.2) is 30.3 Å². The quantitative estimate of drug-likeness (QED) is 0.348. The molecule has 50 valence electrons. The molecule has 0 aliphatic carbocycles. The second-order valence-corrected chi connectivity index (χ2v) is 1.49. The van der Waals surface area contributed by atoms with Crippen LogP contribution < -0.4 is 29.6 Å². The molecule has 0 saturated carbocycles.